The highest BCUT2D eigenvalue weighted by atomic mass is 31.2. The molecule has 1 rings (SSSR count). The van der Waals surface area contributed by atoms with Gasteiger partial charge >= 0.3 is 0 Å². The van der Waals surface area contributed by atoms with E-state index < -0.39 is 26.0 Å². The van der Waals surface area contributed by atoms with Crippen LogP contribution in [0.5, 0.6) is 0 Å². The molecule has 0 aromatic heterocycles. The first kappa shape index (κ1) is 16.4. The molecule has 0 spiro atoms. The monoisotopic (exact) mass is 296 g/mol. The Morgan fingerprint density at radius 2 is 1.17 bits per heavy atom. The van der Waals surface area contributed by atoms with Gasteiger partial charge in [0.05, 0.1) is 0 Å². The number of aliphatic hydroxyl groups excluding tert-OH is 2. The Labute approximate surface area is 110 Å². The predicted molar refractivity (Wildman–Crippen MR) is 76.4 cm³/mol. The van der Waals surface area contributed by atoms with E-state index in [-0.39, 0.29) is 24.2 Å². The summed E-state index contributed by atoms with van der Waals surface area (Å²) >= 11 is 0. The van der Waals surface area contributed by atoms with Crippen molar-refractivity contribution in [2.45, 2.75) is 39.4 Å². The molecule has 4 nitrogen and oxygen atoms in total. The second-order valence-corrected chi connectivity index (χ2v) is 12.8. The normalized spacial score (nSPS) is 41.6. The molecule has 4 unspecified atom stereocenters. The second kappa shape index (κ2) is 5.79. The minimum atomic E-state index is -2.81. The average Bonchev–Trinajstić information content (AvgIpc) is 2.12. The van der Waals surface area contributed by atoms with Gasteiger partial charge in [-0.15, -0.1) is 0 Å². The maximum atomic E-state index is 12.6. The summed E-state index contributed by atoms with van der Waals surface area (Å²) in [6, 6.07) is 0. The second-order valence-electron chi connectivity index (χ2n) is 6.38. The third-order valence-corrected chi connectivity index (χ3v) is 11.1. The van der Waals surface area contributed by atoms with Crippen LogP contribution in [0.2, 0.25) is 0 Å². The fourth-order valence-corrected chi connectivity index (χ4v) is 11.6. The summed E-state index contributed by atoms with van der Waals surface area (Å²) in [5.74, 6) is -1.57. The summed E-state index contributed by atoms with van der Waals surface area (Å²) in [5.41, 5.74) is 0. The van der Waals surface area contributed by atoms with Crippen molar-refractivity contribution in [2.24, 2.45) is 11.8 Å². The van der Waals surface area contributed by atoms with Crippen LogP contribution in [0.3, 0.4) is 0 Å². The van der Waals surface area contributed by atoms with Crippen molar-refractivity contribution in [1.82, 2.24) is 0 Å². The molecule has 108 valence electrons. The van der Waals surface area contributed by atoms with Crippen LogP contribution in [-0.4, -0.2) is 46.6 Å². The van der Waals surface area contributed by atoms with Crippen LogP contribution in [0.1, 0.15) is 27.7 Å². The standard InChI is InChI=1S/C12H26O4P2/c1-9(2)5-17(15)7-12(14)18(16,6-10(3)4)8-11(17)13/h9-14H,5-8H2,1-4H3. The molecule has 1 aliphatic heterocycles. The van der Waals surface area contributed by atoms with Crippen LogP contribution in [0.15, 0.2) is 0 Å². The zero-order chi connectivity index (χ0) is 14.1. The summed E-state index contributed by atoms with van der Waals surface area (Å²) < 4.78 is 25.3. The average molecular weight is 296 g/mol. The zero-order valence-electron chi connectivity index (χ0n) is 11.7. The van der Waals surface area contributed by atoms with Gasteiger partial charge in [0.15, 0.2) is 0 Å². The van der Waals surface area contributed by atoms with Crippen LogP contribution in [0.25, 0.3) is 0 Å². The van der Waals surface area contributed by atoms with Crippen LogP contribution in [-0.2, 0) is 9.13 Å². The molecule has 4 atom stereocenters. The summed E-state index contributed by atoms with van der Waals surface area (Å²) in [5, 5.41) is 20.2. The molecule has 0 saturated carbocycles. The fraction of sp³-hybridized carbons (Fsp3) is 1.00. The lowest BCUT2D eigenvalue weighted by Crippen LogP contribution is -2.34. The first-order valence-electron chi connectivity index (χ1n) is 6.61. The first-order chi connectivity index (χ1) is 8.09. The van der Waals surface area contributed by atoms with Gasteiger partial charge in [0.25, 0.3) is 0 Å². The number of aliphatic hydroxyl groups is 2. The van der Waals surface area contributed by atoms with E-state index in [1.807, 2.05) is 27.7 Å². The Balaban J connectivity index is 2.88. The van der Waals surface area contributed by atoms with E-state index in [0.29, 0.717) is 12.3 Å². The fourth-order valence-electron chi connectivity index (χ4n) is 2.72. The SMILES string of the molecule is CC(C)CP1(=O)CC(O)P(=O)(CC(C)C)CC1O. The Hall–Kier alpha value is 0.380. The molecule has 1 fully saturated rings. The first-order valence-corrected chi connectivity index (χ1v) is 10.9. The van der Waals surface area contributed by atoms with Gasteiger partial charge < -0.3 is 19.3 Å². The minimum absolute atomic E-state index is 0.0242. The smallest absolute Gasteiger partial charge is 0.118 e. The molecular weight excluding hydrogens is 270 g/mol. The molecule has 1 heterocycles. The van der Waals surface area contributed by atoms with Crippen molar-refractivity contribution in [3.05, 3.63) is 0 Å². The van der Waals surface area contributed by atoms with Crippen LogP contribution in [0.4, 0.5) is 0 Å². The van der Waals surface area contributed by atoms with Crippen LogP contribution < -0.4 is 0 Å². The molecule has 0 aromatic rings. The zero-order valence-corrected chi connectivity index (χ0v) is 13.5. The van der Waals surface area contributed by atoms with Crippen molar-refractivity contribution in [3.8, 4) is 0 Å². The highest BCUT2D eigenvalue weighted by molar-refractivity contribution is 7.72. The van der Waals surface area contributed by atoms with E-state index in [4.69, 9.17) is 0 Å². The van der Waals surface area contributed by atoms with E-state index >= 15 is 0 Å². The van der Waals surface area contributed by atoms with Gasteiger partial charge in [-0.1, -0.05) is 27.7 Å². The van der Waals surface area contributed by atoms with E-state index in [2.05, 4.69) is 0 Å². The maximum Gasteiger partial charge on any atom is 0.118 e. The molecule has 6 heteroatoms. The lowest BCUT2D eigenvalue weighted by molar-refractivity contribution is 0.230. The van der Waals surface area contributed by atoms with Crippen molar-refractivity contribution < 1.29 is 19.3 Å². The van der Waals surface area contributed by atoms with E-state index in [1.165, 1.54) is 0 Å². The molecular formula is C12H26O4P2. The third-order valence-electron chi connectivity index (χ3n) is 3.38. The maximum absolute atomic E-state index is 12.6. The van der Waals surface area contributed by atoms with Gasteiger partial charge in [-0.25, -0.2) is 0 Å². The van der Waals surface area contributed by atoms with Crippen LogP contribution >= 0.6 is 14.3 Å². The number of hydrogen-bond acceptors (Lipinski definition) is 4. The Morgan fingerprint density at radius 1 is 0.889 bits per heavy atom. The summed E-state index contributed by atoms with van der Waals surface area (Å²) in [7, 11) is -5.61. The highest BCUT2D eigenvalue weighted by Crippen LogP contribution is 2.67. The molecule has 0 amide bonds. The van der Waals surface area contributed by atoms with Gasteiger partial charge in [0.1, 0.15) is 26.0 Å². The van der Waals surface area contributed by atoms with Gasteiger partial charge in [-0.05, 0) is 11.8 Å². The van der Waals surface area contributed by atoms with Gasteiger partial charge in [-0.3, -0.25) is 0 Å². The summed E-state index contributed by atoms with van der Waals surface area (Å²) in [6.45, 7) is 7.78. The quantitative estimate of drug-likeness (QED) is 0.782. The van der Waals surface area contributed by atoms with Gasteiger partial charge in [-0.2, -0.15) is 0 Å². The van der Waals surface area contributed by atoms with Crippen molar-refractivity contribution in [1.29, 1.82) is 0 Å². The molecule has 0 aromatic carbocycles. The number of hydrogen-bond donors (Lipinski definition) is 2. The Kier molecular flexibility index (Phi) is 5.29. The molecule has 2 N–H and O–H groups in total. The molecule has 18 heavy (non-hydrogen) atoms. The molecule has 0 aliphatic carbocycles. The van der Waals surface area contributed by atoms with Gasteiger partial charge in [0, 0.05) is 24.6 Å². The molecule has 0 radical (unpaired) electrons. The summed E-state index contributed by atoms with van der Waals surface area (Å²) in [4.78, 5) is 0. The topological polar surface area (TPSA) is 74.6 Å². The molecule has 1 saturated heterocycles. The highest BCUT2D eigenvalue weighted by Gasteiger charge is 2.49. The van der Waals surface area contributed by atoms with E-state index in [9.17, 15) is 19.3 Å². The molecule has 0 bridgehead atoms. The minimum Gasteiger partial charge on any atom is -0.385 e. The predicted octanol–water partition coefficient (Wildman–Crippen LogP) is 2.68. The van der Waals surface area contributed by atoms with Crippen LogP contribution in [0, 0.1) is 11.8 Å². The van der Waals surface area contributed by atoms with E-state index in [0.717, 1.165) is 0 Å². The molecule has 1 aliphatic rings. The van der Waals surface area contributed by atoms with Crippen molar-refractivity contribution in [3.63, 3.8) is 0 Å². The Bertz CT molecular complexity index is 342. The Morgan fingerprint density at radius 3 is 1.39 bits per heavy atom. The van der Waals surface area contributed by atoms with Gasteiger partial charge in [0.2, 0.25) is 0 Å². The summed E-state index contributed by atoms with van der Waals surface area (Å²) in [6.07, 6.45) is 0.895. The van der Waals surface area contributed by atoms with Crippen molar-refractivity contribution >= 4 is 14.3 Å². The van der Waals surface area contributed by atoms with E-state index in [1.54, 1.807) is 0 Å². The lowest BCUT2D eigenvalue weighted by atomic mass is 10.3. The number of rotatable bonds is 4. The lowest BCUT2D eigenvalue weighted by Gasteiger charge is -2.38. The largest absolute Gasteiger partial charge is 0.385 e. The third kappa shape index (κ3) is 3.70. The van der Waals surface area contributed by atoms with Crippen molar-refractivity contribution in [2.75, 3.05) is 24.6 Å².